The van der Waals surface area contributed by atoms with Gasteiger partial charge < -0.3 is 20.3 Å². The Hall–Kier alpha value is -3.68. The van der Waals surface area contributed by atoms with E-state index in [0.717, 1.165) is 48.5 Å². The molecule has 0 unspecified atom stereocenters. The zero-order chi connectivity index (χ0) is 24.4. The third-order valence-corrected chi connectivity index (χ3v) is 7.37. The minimum atomic E-state index is -0.189. The summed E-state index contributed by atoms with van der Waals surface area (Å²) in [5.41, 5.74) is 4.36. The Kier molecular flexibility index (Phi) is 6.53. The standard InChI is InChI=1S/C25H26N6O3S/c1-31-12-20(24-29-30-25(33)35-24)22(13-31)28-23(32)16-4-6-18(7-5-16)34-14-17-9-15(11-26)10-21-19(17)3-2-8-27-21/h4-7,9-10,20,22,27H,2-3,8,12-14H2,1H3,(H,28,32)(H,30,33)/t20-,22+/m0/s1. The summed E-state index contributed by atoms with van der Waals surface area (Å²) < 4.78 is 6.00. The third kappa shape index (κ3) is 5.06. The van der Waals surface area contributed by atoms with Crippen molar-refractivity contribution in [2.75, 3.05) is 32.0 Å². The van der Waals surface area contributed by atoms with Gasteiger partial charge >= 0.3 is 4.87 Å². The number of benzene rings is 2. The maximum absolute atomic E-state index is 12.9. The summed E-state index contributed by atoms with van der Waals surface area (Å²) in [6.07, 6.45) is 2.00. The van der Waals surface area contributed by atoms with Gasteiger partial charge in [-0.2, -0.15) is 10.4 Å². The van der Waals surface area contributed by atoms with E-state index in [-0.39, 0.29) is 22.7 Å². The lowest BCUT2D eigenvalue weighted by Crippen LogP contribution is -2.39. The first-order valence-corrected chi connectivity index (χ1v) is 12.4. The number of likely N-dealkylation sites (tertiary alicyclic amines) is 1. The normalized spacial score (nSPS) is 19.4. The van der Waals surface area contributed by atoms with Crippen LogP contribution in [0.3, 0.4) is 0 Å². The number of fused-ring (bicyclic) bond motifs is 1. The average molecular weight is 491 g/mol. The van der Waals surface area contributed by atoms with Gasteiger partial charge in [-0.25, -0.2) is 5.10 Å². The first-order chi connectivity index (χ1) is 17.0. The van der Waals surface area contributed by atoms with E-state index in [1.165, 1.54) is 5.56 Å². The number of amides is 1. The van der Waals surface area contributed by atoms with E-state index in [1.54, 1.807) is 24.3 Å². The molecule has 2 aliphatic rings. The highest BCUT2D eigenvalue weighted by Crippen LogP contribution is 2.29. The molecule has 0 saturated carbocycles. The molecule has 35 heavy (non-hydrogen) atoms. The maximum Gasteiger partial charge on any atom is 0.322 e. The fraction of sp³-hybridized carbons (Fsp3) is 0.360. The van der Waals surface area contributed by atoms with Crippen LogP contribution in [0, 0.1) is 11.3 Å². The second-order valence-electron chi connectivity index (χ2n) is 8.98. The number of nitrogens with zero attached hydrogens (tertiary/aromatic N) is 3. The van der Waals surface area contributed by atoms with Crippen molar-refractivity contribution in [3.63, 3.8) is 0 Å². The van der Waals surface area contributed by atoms with Gasteiger partial charge in [0.05, 0.1) is 17.7 Å². The van der Waals surface area contributed by atoms with Crippen molar-refractivity contribution in [1.82, 2.24) is 20.4 Å². The molecule has 0 spiro atoms. The summed E-state index contributed by atoms with van der Waals surface area (Å²) in [5, 5.41) is 23.1. The SMILES string of the molecule is CN1C[C@H](c2n[nH]c(=O)s2)[C@H](NC(=O)c2ccc(OCc3cc(C#N)cc4c3CCCN4)cc2)C1. The Balaban J connectivity index is 1.24. The number of nitrogens with one attached hydrogen (secondary N) is 3. The minimum Gasteiger partial charge on any atom is -0.489 e. The molecule has 2 aliphatic heterocycles. The number of hydrogen-bond donors (Lipinski definition) is 3. The molecule has 3 heterocycles. The predicted octanol–water partition coefficient (Wildman–Crippen LogP) is 2.47. The van der Waals surface area contributed by atoms with Crippen molar-refractivity contribution in [3.8, 4) is 11.8 Å². The first-order valence-electron chi connectivity index (χ1n) is 11.6. The van der Waals surface area contributed by atoms with Gasteiger partial charge in [0.2, 0.25) is 0 Å². The van der Waals surface area contributed by atoms with Crippen LogP contribution in [0.2, 0.25) is 0 Å². The van der Waals surface area contributed by atoms with Gasteiger partial charge in [-0.3, -0.25) is 9.59 Å². The van der Waals surface area contributed by atoms with Crippen molar-refractivity contribution in [1.29, 1.82) is 5.26 Å². The molecule has 3 aromatic rings. The highest BCUT2D eigenvalue weighted by Gasteiger charge is 2.35. The number of likely N-dealkylation sites (N-methyl/N-ethyl adjacent to an activating group) is 1. The number of ether oxygens (including phenoxy) is 1. The molecular formula is C25H26N6O3S. The molecule has 5 rings (SSSR count). The van der Waals surface area contributed by atoms with Crippen molar-refractivity contribution in [2.45, 2.75) is 31.4 Å². The smallest absolute Gasteiger partial charge is 0.322 e. The fourth-order valence-corrected chi connectivity index (χ4v) is 5.54. The number of anilines is 1. The van der Waals surface area contributed by atoms with E-state index in [9.17, 15) is 14.9 Å². The second-order valence-corrected chi connectivity index (χ2v) is 9.97. The number of aromatic amines is 1. The van der Waals surface area contributed by atoms with Gasteiger partial charge in [-0.1, -0.05) is 11.3 Å². The number of carbonyl (C=O) groups excluding carboxylic acids is 1. The summed E-state index contributed by atoms with van der Waals surface area (Å²) in [6, 6.07) is 12.9. The van der Waals surface area contributed by atoms with Crippen LogP contribution in [0.15, 0.2) is 41.2 Å². The van der Waals surface area contributed by atoms with Crippen LogP contribution in [0.5, 0.6) is 5.75 Å². The molecule has 1 amide bonds. The van der Waals surface area contributed by atoms with Gasteiger partial charge in [-0.15, -0.1) is 0 Å². The summed E-state index contributed by atoms with van der Waals surface area (Å²) in [6.45, 7) is 2.68. The molecule has 2 atom stereocenters. The number of aromatic nitrogens is 2. The van der Waals surface area contributed by atoms with E-state index in [4.69, 9.17) is 4.74 Å². The van der Waals surface area contributed by atoms with Crippen LogP contribution in [-0.2, 0) is 13.0 Å². The Morgan fingerprint density at radius 2 is 2.14 bits per heavy atom. The van der Waals surface area contributed by atoms with Crippen molar-refractivity contribution < 1.29 is 9.53 Å². The van der Waals surface area contributed by atoms with Crippen molar-refractivity contribution >= 4 is 22.9 Å². The summed E-state index contributed by atoms with van der Waals surface area (Å²) in [5.74, 6) is 0.452. The zero-order valence-corrected chi connectivity index (χ0v) is 20.2. The summed E-state index contributed by atoms with van der Waals surface area (Å²) >= 11 is 1.09. The number of carbonyl (C=O) groups is 1. The third-order valence-electron chi connectivity index (χ3n) is 6.49. The lowest BCUT2D eigenvalue weighted by molar-refractivity contribution is 0.0935. The molecule has 180 valence electrons. The molecule has 1 saturated heterocycles. The Labute approximate surface area is 206 Å². The van der Waals surface area contributed by atoms with Crippen molar-refractivity contribution in [2.24, 2.45) is 0 Å². The molecule has 0 aliphatic carbocycles. The monoisotopic (exact) mass is 490 g/mol. The van der Waals surface area contributed by atoms with Crippen molar-refractivity contribution in [3.05, 3.63) is 73.3 Å². The maximum atomic E-state index is 12.9. The Morgan fingerprint density at radius 3 is 2.89 bits per heavy atom. The highest BCUT2D eigenvalue weighted by molar-refractivity contribution is 7.08. The van der Waals surface area contributed by atoms with E-state index < -0.39 is 0 Å². The van der Waals surface area contributed by atoms with E-state index in [0.29, 0.717) is 35.0 Å². The molecule has 0 bridgehead atoms. The van der Waals surface area contributed by atoms with Crippen LogP contribution in [0.1, 0.15) is 44.4 Å². The number of nitriles is 1. The van der Waals surface area contributed by atoms with Crippen LogP contribution < -0.4 is 20.2 Å². The fourth-order valence-electron chi connectivity index (χ4n) is 4.78. The van der Waals surface area contributed by atoms with Gasteiger partial charge in [-0.05, 0) is 67.4 Å². The minimum absolute atomic E-state index is 0.0277. The summed E-state index contributed by atoms with van der Waals surface area (Å²) in [7, 11) is 1.99. The molecule has 10 heteroatoms. The lowest BCUT2D eigenvalue weighted by atomic mass is 9.96. The van der Waals surface area contributed by atoms with Gasteiger partial charge in [0, 0.05) is 36.8 Å². The van der Waals surface area contributed by atoms with Gasteiger partial charge in [0.1, 0.15) is 17.4 Å². The van der Waals surface area contributed by atoms with Crippen LogP contribution in [-0.4, -0.2) is 53.7 Å². The van der Waals surface area contributed by atoms with Crippen LogP contribution in [0.25, 0.3) is 0 Å². The molecule has 2 aromatic carbocycles. The Bertz CT molecular complexity index is 1330. The Morgan fingerprint density at radius 1 is 1.31 bits per heavy atom. The number of H-pyrrole nitrogens is 1. The molecule has 3 N–H and O–H groups in total. The quantitative estimate of drug-likeness (QED) is 0.485. The van der Waals surface area contributed by atoms with Gasteiger partial charge in [0.15, 0.2) is 0 Å². The highest BCUT2D eigenvalue weighted by atomic mass is 32.1. The summed E-state index contributed by atoms with van der Waals surface area (Å²) in [4.78, 5) is 26.4. The number of hydrogen-bond acceptors (Lipinski definition) is 8. The van der Waals surface area contributed by atoms with Gasteiger partial charge in [0.25, 0.3) is 5.91 Å². The second kappa shape index (κ2) is 9.90. The first kappa shape index (κ1) is 23.1. The average Bonchev–Trinajstić information content (AvgIpc) is 3.47. The number of rotatable bonds is 6. The predicted molar refractivity (Wildman–Crippen MR) is 133 cm³/mol. The van der Waals surface area contributed by atoms with E-state index in [1.807, 2.05) is 19.2 Å². The molecule has 9 nitrogen and oxygen atoms in total. The van der Waals surface area contributed by atoms with E-state index >= 15 is 0 Å². The zero-order valence-electron chi connectivity index (χ0n) is 19.3. The molecular weight excluding hydrogens is 464 g/mol. The lowest BCUT2D eigenvalue weighted by Gasteiger charge is -2.21. The molecule has 1 aromatic heterocycles. The van der Waals surface area contributed by atoms with E-state index in [2.05, 4.69) is 31.8 Å². The van der Waals surface area contributed by atoms with Crippen LogP contribution >= 0.6 is 11.3 Å². The topological polar surface area (TPSA) is 123 Å². The molecule has 0 radical (unpaired) electrons. The van der Waals surface area contributed by atoms with Crippen LogP contribution in [0.4, 0.5) is 5.69 Å². The largest absolute Gasteiger partial charge is 0.489 e. The molecule has 1 fully saturated rings.